The number of amides is 1. The number of nitrogens with one attached hydrogen (secondary N) is 3. The zero-order chi connectivity index (χ0) is 19.7. The second-order valence-electron chi connectivity index (χ2n) is 7.85. The summed E-state index contributed by atoms with van der Waals surface area (Å²) < 4.78 is 0. The summed E-state index contributed by atoms with van der Waals surface area (Å²) in [7, 11) is 0. The number of aromatic nitrogens is 2. The lowest BCUT2D eigenvalue weighted by molar-refractivity contribution is 0.102. The van der Waals surface area contributed by atoms with E-state index in [-0.39, 0.29) is 5.91 Å². The number of carbonyl (C=O) groups is 1. The van der Waals surface area contributed by atoms with Crippen molar-refractivity contribution < 1.29 is 4.79 Å². The summed E-state index contributed by atoms with van der Waals surface area (Å²) in [5.74, 6) is 1.31. The maximum absolute atomic E-state index is 12.7. The van der Waals surface area contributed by atoms with Crippen molar-refractivity contribution in [2.24, 2.45) is 0 Å². The minimum absolute atomic E-state index is 0.190. The van der Waals surface area contributed by atoms with Gasteiger partial charge < -0.3 is 20.9 Å². The van der Waals surface area contributed by atoms with Gasteiger partial charge in [-0.25, -0.2) is 4.98 Å². The van der Waals surface area contributed by atoms with Crippen LogP contribution in [0.3, 0.4) is 0 Å². The molecule has 0 spiro atoms. The largest absolute Gasteiger partial charge is 0.351 e. The van der Waals surface area contributed by atoms with E-state index in [0.29, 0.717) is 29.3 Å². The Morgan fingerprint density at radius 3 is 2.71 bits per heavy atom. The first kappa shape index (κ1) is 18.7. The monoisotopic (exact) mass is 380 g/mol. The molecule has 3 heterocycles. The van der Waals surface area contributed by atoms with Gasteiger partial charge in [0, 0.05) is 25.3 Å². The number of anilines is 4. The van der Waals surface area contributed by atoms with E-state index in [0.717, 1.165) is 43.9 Å². The SMILES string of the molecule is CCN1CCC(Nc2ncc3c(n2)Nc2ccc(C(C)C)cc2NC3=O)CC1. The summed E-state index contributed by atoms with van der Waals surface area (Å²) in [5.41, 5.74) is 3.25. The third-order valence-corrected chi connectivity index (χ3v) is 5.61. The molecule has 7 nitrogen and oxygen atoms in total. The molecule has 1 saturated heterocycles. The molecule has 7 heteroatoms. The Kier molecular flexibility index (Phi) is 5.17. The Labute approximate surface area is 166 Å². The van der Waals surface area contributed by atoms with Gasteiger partial charge in [-0.3, -0.25) is 4.79 Å². The lowest BCUT2D eigenvalue weighted by Gasteiger charge is -2.31. The van der Waals surface area contributed by atoms with Gasteiger partial charge >= 0.3 is 0 Å². The molecule has 1 fully saturated rings. The van der Waals surface area contributed by atoms with Gasteiger partial charge in [0.15, 0.2) is 0 Å². The van der Waals surface area contributed by atoms with E-state index in [2.05, 4.69) is 57.7 Å². The van der Waals surface area contributed by atoms with Crippen LogP contribution < -0.4 is 16.0 Å². The standard InChI is InChI=1S/C21H28N6O/c1-4-27-9-7-15(8-10-27)23-21-22-12-16-19(26-21)24-17-6-5-14(13(2)3)11-18(17)25-20(16)28/h5-6,11-13,15H,4,7-10H2,1-3H3,(H,25,28)(H2,22,23,24,26). The molecule has 28 heavy (non-hydrogen) atoms. The molecule has 3 N–H and O–H groups in total. The summed E-state index contributed by atoms with van der Waals surface area (Å²) in [4.78, 5) is 24.1. The number of likely N-dealkylation sites (tertiary alicyclic amines) is 1. The molecule has 4 rings (SSSR count). The Bertz CT molecular complexity index is 873. The van der Waals surface area contributed by atoms with Crippen LogP contribution in [-0.2, 0) is 0 Å². The molecule has 2 aliphatic rings. The zero-order valence-electron chi connectivity index (χ0n) is 16.7. The predicted molar refractivity (Wildman–Crippen MR) is 113 cm³/mol. The number of nitrogens with zero attached hydrogens (tertiary/aromatic N) is 3. The molecule has 0 aliphatic carbocycles. The Balaban J connectivity index is 1.55. The maximum atomic E-state index is 12.7. The van der Waals surface area contributed by atoms with E-state index in [9.17, 15) is 4.79 Å². The van der Waals surface area contributed by atoms with Gasteiger partial charge in [-0.2, -0.15) is 4.98 Å². The quantitative estimate of drug-likeness (QED) is 0.748. The lowest BCUT2D eigenvalue weighted by atomic mass is 10.0. The van der Waals surface area contributed by atoms with Crippen LogP contribution in [0.4, 0.5) is 23.1 Å². The number of piperidine rings is 1. The maximum Gasteiger partial charge on any atom is 0.261 e. The van der Waals surface area contributed by atoms with Crippen LogP contribution in [0.1, 0.15) is 55.5 Å². The molecule has 2 aromatic rings. The van der Waals surface area contributed by atoms with Crippen LogP contribution in [0.2, 0.25) is 0 Å². The normalized spacial score (nSPS) is 17.4. The molecular weight excluding hydrogens is 352 g/mol. The van der Waals surface area contributed by atoms with Crippen LogP contribution in [-0.4, -0.2) is 46.5 Å². The highest BCUT2D eigenvalue weighted by atomic mass is 16.1. The molecule has 1 aromatic carbocycles. The average molecular weight is 380 g/mol. The van der Waals surface area contributed by atoms with E-state index < -0.39 is 0 Å². The molecule has 1 aromatic heterocycles. The van der Waals surface area contributed by atoms with Crippen molar-refractivity contribution in [1.82, 2.24) is 14.9 Å². The van der Waals surface area contributed by atoms with Crippen LogP contribution >= 0.6 is 0 Å². The Morgan fingerprint density at radius 2 is 2.00 bits per heavy atom. The average Bonchev–Trinajstić information content (AvgIpc) is 2.83. The van der Waals surface area contributed by atoms with Crippen molar-refractivity contribution in [1.29, 1.82) is 0 Å². The number of hydrogen-bond donors (Lipinski definition) is 3. The highest BCUT2D eigenvalue weighted by Gasteiger charge is 2.23. The highest BCUT2D eigenvalue weighted by Crippen LogP contribution is 2.33. The third-order valence-electron chi connectivity index (χ3n) is 5.61. The van der Waals surface area contributed by atoms with Crippen LogP contribution in [0.15, 0.2) is 24.4 Å². The molecule has 1 amide bonds. The summed E-state index contributed by atoms with van der Waals surface area (Å²) in [6.45, 7) is 9.74. The first-order valence-electron chi connectivity index (χ1n) is 10.1. The fourth-order valence-corrected chi connectivity index (χ4v) is 3.74. The van der Waals surface area contributed by atoms with Gasteiger partial charge in [0.1, 0.15) is 11.4 Å². The first-order chi connectivity index (χ1) is 13.5. The topological polar surface area (TPSA) is 82.2 Å². The smallest absolute Gasteiger partial charge is 0.261 e. The molecule has 0 atom stereocenters. The van der Waals surface area contributed by atoms with Crippen molar-refractivity contribution in [3.63, 3.8) is 0 Å². The van der Waals surface area contributed by atoms with Crippen LogP contribution in [0.25, 0.3) is 0 Å². The van der Waals surface area contributed by atoms with Crippen molar-refractivity contribution in [2.45, 2.75) is 45.6 Å². The fourth-order valence-electron chi connectivity index (χ4n) is 3.74. The van der Waals surface area contributed by atoms with E-state index in [1.807, 2.05) is 12.1 Å². The lowest BCUT2D eigenvalue weighted by Crippen LogP contribution is -2.39. The van der Waals surface area contributed by atoms with E-state index in [1.54, 1.807) is 6.20 Å². The molecule has 0 unspecified atom stereocenters. The number of hydrogen-bond acceptors (Lipinski definition) is 6. The molecule has 0 saturated carbocycles. The highest BCUT2D eigenvalue weighted by molar-refractivity contribution is 6.11. The second kappa shape index (κ2) is 7.75. The molecule has 2 aliphatic heterocycles. The number of benzene rings is 1. The van der Waals surface area contributed by atoms with Gasteiger partial charge in [-0.15, -0.1) is 0 Å². The van der Waals surface area contributed by atoms with Crippen molar-refractivity contribution in [3.05, 3.63) is 35.5 Å². The second-order valence-corrected chi connectivity index (χ2v) is 7.85. The third kappa shape index (κ3) is 3.80. The van der Waals surface area contributed by atoms with Gasteiger partial charge in [0.2, 0.25) is 5.95 Å². The van der Waals surface area contributed by atoms with Crippen molar-refractivity contribution >= 4 is 29.0 Å². The van der Waals surface area contributed by atoms with Crippen LogP contribution in [0, 0.1) is 0 Å². The number of rotatable bonds is 4. The summed E-state index contributed by atoms with van der Waals surface area (Å²) in [6, 6.07) is 6.46. The minimum atomic E-state index is -0.190. The van der Waals surface area contributed by atoms with E-state index in [4.69, 9.17) is 0 Å². The molecule has 0 bridgehead atoms. The number of fused-ring (bicyclic) bond motifs is 2. The van der Waals surface area contributed by atoms with Gasteiger partial charge in [0.25, 0.3) is 5.91 Å². The first-order valence-corrected chi connectivity index (χ1v) is 10.1. The van der Waals surface area contributed by atoms with Gasteiger partial charge in [-0.05, 0) is 43.0 Å². The fraction of sp³-hybridized carbons (Fsp3) is 0.476. The Morgan fingerprint density at radius 1 is 1.21 bits per heavy atom. The van der Waals surface area contributed by atoms with Crippen LogP contribution in [0.5, 0.6) is 0 Å². The van der Waals surface area contributed by atoms with Gasteiger partial charge in [-0.1, -0.05) is 26.8 Å². The summed E-state index contributed by atoms with van der Waals surface area (Å²) in [6.07, 6.45) is 3.75. The van der Waals surface area contributed by atoms with Gasteiger partial charge in [0.05, 0.1) is 11.4 Å². The Hall–Kier alpha value is -2.67. The summed E-state index contributed by atoms with van der Waals surface area (Å²) >= 11 is 0. The summed E-state index contributed by atoms with van der Waals surface area (Å²) in [5, 5.41) is 9.73. The number of carbonyl (C=O) groups excluding carboxylic acids is 1. The molecular formula is C21H28N6O. The van der Waals surface area contributed by atoms with E-state index >= 15 is 0 Å². The molecule has 0 radical (unpaired) electrons. The van der Waals surface area contributed by atoms with Crippen molar-refractivity contribution in [3.8, 4) is 0 Å². The van der Waals surface area contributed by atoms with Crippen molar-refractivity contribution in [2.75, 3.05) is 35.6 Å². The minimum Gasteiger partial charge on any atom is -0.351 e. The van der Waals surface area contributed by atoms with E-state index in [1.165, 1.54) is 5.56 Å². The molecule has 148 valence electrons. The zero-order valence-corrected chi connectivity index (χ0v) is 16.7. The predicted octanol–water partition coefficient (Wildman–Crippen LogP) is 3.81.